The van der Waals surface area contributed by atoms with E-state index in [9.17, 15) is 9.90 Å². The second kappa shape index (κ2) is 14.8. The fourth-order valence-electron chi connectivity index (χ4n) is 2.09. The lowest BCUT2D eigenvalue weighted by molar-refractivity contribution is -0.137. The van der Waals surface area contributed by atoms with Crippen LogP contribution in [-0.4, -0.2) is 33.5 Å². The molecule has 2 unspecified atom stereocenters. The third-order valence-electron chi connectivity index (χ3n) is 3.54. The third kappa shape index (κ3) is 15.3. The van der Waals surface area contributed by atoms with Crippen LogP contribution in [0, 0.1) is 0 Å². The number of hydrogen-bond donors (Lipinski definition) is 3. The highest BCUT2D eigenvalue weighted by molar-refractivity contribution is 5.66. The number of aliphatic carboxylic acids is 1. The summed E-state index contributed by atoms with van der Waals surface area (Å²) in [5, 5.41) is 27.1. The molecule has 22 heavy (non-hydrogen) atoms. The van der Waals surface area contributed by atoms with Crippen molar-refractivity contribution >= 4 is 5.97 Å². The maximum atomic E-state index is 10.3. The van der Waals surface area contributed by atoms with E-state index in [0.29, 0.717) is 12.8 Å². The van der Waals surface area contributed by atoms with E-state index in [1.807, 2.05) is 6.08 Å². The predicted molar refractivity (Wildman–Crippen MR) is 89.8 cm³/mol. The number of carbonyl (C=O) groups is 1. The lowest BCUT2D eigenvalue weighted by Crippen LogP contribution is -2.21. The SMILES string of the molecule is CC(O)C(O)CCCCCC/C=C\C/C=C\CCCC(=O)O. The second-order valence-corrected chi connectivity index (χ2v) is 5.76. The Labute approximate surface area is 134 Å². The molecule has 0 aromatic heterocycles. The van der Waals surface area contributed by atoms with E-state index in [2.05, 4.69) is 18.2 Å². The highest BCUT2D eigenvalue weighted by atomic mass is 16.4. The van der Waals surface area contributed by atoms with Gasteiger partial charge in [-0.05, 0) is 45.4 Å². The van der Waals surface area contributed by atoms with Crippen LogP contribution in [0.1, 0.15) is 71.1 Å². The van der Waals surface area contributed by atoms with Gasteiger partial charge in [0.15, 0.2) is 0 Å². The molecule has 0 aromatic carbocycles. The molecule has 0 fully saturated rings. The maximum absolute atomic E-state index is 10.3. The molecule has 128 valence electrons. The quantitative estimate of drug-likeness (QED) is 0.336. The lowest BCUT2D eigenvalue weighted by Gasteiger charge is -2.12. The molecule has 0 amide bonds. The summed E-state index contributed by atoms with van der Waals surface area (Å²) in [5.41, 5.74) is 0. The molecule has 0 aliphatic carbocycles. The number of rotatable bonds is 14. The predicted octanol–water partition coefficient (Wildman–Crippen LogP) is 3.83. The largest absolute Gasteiger partial charge is 0.481 e. The van der Waals surface area contributed by atoms with E-state index >= 15 is 0 Å². The van der Waals surface area contributed by atoms with Gasteiger partial charge in [0, 0.05) is 6.42 Å². The highest BCUT2D eigenvalue weighted by Crippen LogP contribution is 2.09. The average molecular weight is 312 g/mol. The number of allylic oxidation sites excluding steroid dienone is 4. The number of carboxylic acid groups (broad SMARTS) is 1. The van der Waals surface area contributed by atoms with Crippen molar-refractivity contribution in [2.24, 2.45) is 0 Å². The minimum Gasteiger partial charge on any atom is -0.481 e. The Morgan fingerprint density at radius 1 is 0.909 bits per heavy atom. The first-order valence-electron chi connectivity index (χ1n) is 8.42. The van der Waals surface area contributed by atoms with Crippen molar-refractivity contribution in [1.82, 2.24) is 0 Å². The average Bonchev–Trinajstić information content (AvgIpc) is 2.46. The molecule has 0 spiro atoms. The zero-order valence-corrected chi connectivity index (χ0v) is 13.8. The number of carboxylic acids is 1. The van der Waals surface area contributed by atoms with E-state index in [1.165, 1.54) is 0 Å². The summed E-state index contributed by atoms with van der Waals surface area (Å²) in [5.74, 6) is -0.728. The molecule has 0 aliphatic rings. The Morgan fingerprint density at radius 3 is 2.09 bits per heavy atom. The summed E-state index contributed by atoms with van der Waals surface area (Å²) >= 11 is 0. The second-order valence-electron chi connectivity index (χ2n) is 5.76. The van der Waals surface area contributed by atoms with Crippen molar-refractivity contribution in [3.8, 4) is 0 Å². The topological polar surface area (TPSA) is 77.8 Å². The van der Waals surface area contributed by atoms with Crippen molar-refractivity contribution in [3.63, 3.8) is 0 Å². The number of hydrogen-bond acceptors (Lipinski definition) is 3. The first kappa shape index (κ1) is 20.9. The minimum absolute atomic E-state index is 0.244. The molecular weight excluding hydrogens is 280 g/mol. The first-order chi connectivity index (χ1) is 10.5. The van der Waals surface area contributed by atoms with Gasteiger partial charge in [0.2, 0.25) is 0 Å². The van der Waals surface area contributed by atoms with Crippen LogP contribution < -0.4 is 0 Å². The first-order valence-corrected chi connectivity index (χ1v) is 8.42. The van der Waals surface area contributed by atoms with Crippen molar-refractivity contribution in [1.29, 1.82) is 0 Å². The van der Waals surface area contributed by atoms with Gasteiger partial charge in [0.1, 0.15) is 0 Å². The third-order valence-corrected chi connectivity index (χ3v) is 3.54. The number of aliphatic hydroxyl groups excluding tert-OH is 2. The van der Waals surface area contributed by atoms with Crippen molar-refractivity contribution in [3.05, 3.63) is 24.3 Å². The minimum atomic E-state index is -0.728. The Kier molecular flexibility index (Phi) is 14.0. The summed E-state index contributed by atoms with van der Waals surface area (Å²) in [4.78, 5) is 10.3. The molecule has 2 atom stereocenters. The van der Waals surface area contributed by atoms with E-state index in [-0.39, 0.29) is 6.42 Å². The molecule has 4 nitrogen and oxygen atoms in total. The summed E-state index contributed by atoms with van der Waals surface area (Å²) < 4.78 is 0. The Bertz CT molecular complexity index is 321. The maximum Gasteiger partial charge on any atom is 0.303 e. The normalized spacial score (nSPS) is 14.7. The van der Waals surface area contributed by atoms with Gasteiger partial charge in [-0.25, -0.2) is 0 Å². The molecule has 0 saturated heterocycles. The highest BCUT2D eigenvalue weighted by Gasteiger charge is 2.09. The summed E-state index contributed by atoms with van der Waals surface area (Å²) in [6.07, 6.45) is 16.1. The van der Waals surface area contributed by atoms with Gasteiger partial charge in [0.25, 0.3) is 0 Å². The molecule has 0 saturated carbocycles. The molecule has 0 radical (unpaired) electrons. The lowest BCUT2D eigenvalue weighted by atomic mass is 10.1. The van der Waals surface area contributed by atoms with E-state index in [0.717, 1.165) is 44.9 Å². The molecule has 0 aromatic rings. The van der Waals surface area contributed by atoms with Crippen LogP contribution in [0.4, 0.5) is 0 Å². The molecule has 0 bridgehead atoms. The summed E-state index contributed by atoms with van der Waals surface area (Å²) in [7, 11) is 0. The van der Waals surface area contributed by atoms with Gasteiger partial charge in [-0.1, -0.05) is 43.6 Å². The Morgan fingerprint density at radius 2 is 1.50 bits per heavy atom. The molecule has 4 heteroatoms. The van der Waals surface area contributed by atoms with Gasteiger partial charge < -0.3 is 15.3 Å². The van der Waals surface area contributed by atoms with Gasteiger partial charge in [-0.15, -0.1) is 0 Å². The van der Waals surface area contributed by atoms with Crippen LogP contribution in [0.5, 0.6) is 0 Å². The summed E-state index contributed by atoms with van der Waals surface area (Å²) in [6.45, 7) is 1.62. The molecule has 0 heterocycles. The van der Waals surface area contributed by atoms with Crippen LogP contribution >= 0.6 is 0 Å². The fraction of sp³-hybridized carbons (Fsp3) is 0.722. The van der Waals surface area contributed by atoms with E-state index in [1.54, 1.807) is 6.92 Å². The van der Waals surface area contributed by atoms with Crippen LogP contribution in [0.15, 0.2) is 24.3 Å². The Balaban J connectivity index is 3.30. The van der Waals surface area contributed by atoms with Crippen LogP contribution in [0.2, 0.25) is 0 Å². The van der Waals surface area contributed by atoms with Crippen LogP contribution in [0.3, 0.4) is 0 Å². The summed E-state index contributed by atoms with van der Waals surface area (Å²) in [6, 6.07) is 0. The smallest absolute Gasteiger partial charge is 0.303 e. The van der Waals surface area contributed by atoms with Crippen LogP contribution in [-0.2, 0) is 4.79 Å². The number of unbranched alkanes of at least 4 members (excludes halogenated alkanes) is 5. The van der Waals surface area contributed by atoms with E-state index < -0.39 is 18.2 Å². The molecule has 3 N–H and O–H groups in total. The Hall–Kier alpha value is -1.13. The standard InChI is InChI=1S/C18H32O4/c1-16(19)17(20)14-12-10-8-6-4-2-3-5-7-9-11-13-15-18(21)22/h2-3,7,9,16-17,19-20H,4-6,8,10-15H2,1H3,(H,21,22)/b3-2-,9-7-. The molecule has 0 aliphatic heterocycles. The van der Waals surface area contributed by atoms with Crippen molar-refractivity contribution < 1.29 is 20.1 Å². The fourth-order valence-corrected chi connectivity index (χ4v) is 2.09. The molecular formula is C18H32O4. The molecule has 0 rings (SSSR count). The van der Waals surface area contributed by atoms with Gasteiger partial charge in [-0.3, -0.25) is 4.79 Å². The van der Waals surface area contributed by atoms with Gasteiger partial charge in [0.05, 0.1) is 12.2 Å². The van der Waals surface area contributed by atoms with Gasteiger partial charge in [-0.2, -0.15) is 0 Å². The van der Waals surface area contributed by atoms with E-state index in [4.69, 9.17) is 10.2 Å². The van der Waals surface area contributed by atoms with Crippen molar-refractivity contribution in [2.75, 3.05) is 0 Å². The zero-order chi connectivity index (χ0) is 16.6. The van der Waals surface area contributed by atoms with Crippen molar-refractivity contribution in [2.45, 2.75) is 83.3 Å². The number of aliphatic hydroxyl groups is 2. The zero-order valence-electron chi connectivity index (χ0n) is 13.8. The van der Waals surface area contributed by atoms with Crippen LogP contribution in [0.25, 0.3) is 0 Å². The van der Waals surface area contributed by atoms with Gasteiger partial charge >= 0.3 is 5.97 Å². The monoisotopic (exact) mass is 312 g/mol.